The van der Waals surface area contributed by atoms with Crippen LogP contribution in [0, 0.1) is 11.3 Å². The molecule has 1 amide bonds. The predicted octanol–water partition coefficient (Wildman–Crippen LogP) is 5.69. The number of likely N-dealkylation sites (tertiary alicyclic amines) is 2. The van der Waals surface area contributed by atoms with Crippen molar-refractivity contribution >= 4 is 17.7 Å². The van der Waals surface area contributed by atoms with E-state index in [0.717, 1.165) is 64.3 Å². The molecule has 10 heteroatoms. The molecule has 2 aromatic rings. The van der Waals surface area contributed by atoms with E-state index < -0.39 is 12.1 Å². The Balaban J connectivity index is 0.000000559. The molecule has 7 nitrogen and oxygen atoms in total. The van der Waals surface area contributed by atoms with Crippen LogP contribution in [0.4, 0.5) is 13.2 Å². The van der Waals surface area contributed by atoms with Crippen molar-refractivity contribution in [3.63, 3.8) is 0 Å². The number of carbonyl (C=O) groups excluding carboxylic acids is 2. The Hall–Kier alpha value is -3.40. The van der Waals surface area contributed by atoms with Gasteiger partial charge in [0.1, 0.15) is 5.75 Å². The summed E-state index contributed by atoms with van der Waals surface area (Å²) in [5.41, 5.74) is 2.81. The van der Waals surface area contributed by atoms with Crippen LogP contribution in [0.15, 0.2) is 48.5 Å². The van der Waals surface area contributed by atoms with Crippen LogP contribution in [0.5, 0.6) is 5.75 Å². The highest BCUT2D eigenvalue weighted by Crippen LogP contribution is 2.41. The molecular weight excluding hydrogens is 525 g/mol. The van der Waals surface area contributed by atoms with Crippen LogP contribution in [-0.4, -0.2) is 71.5 Å². The van der Waals surface area contributed by atoms with Crippen LogP contribution in [0.3, 0.4) is 0 Å². The number of aliphatic carboxylic acids is 1. The summed E-state index contributed by atoms with van der Waals surface area (Å²) in [6.07, 6.45) is -1.77. The molecule has 0 saturated carbocycles. The summed E-state index contributed by atoms with van der Waals surface area (Å²) in [5.74, 6) is -1.14. The lowest BCUT2D eigenvalue weighted by atomic mass is 9.77. The SMILES string of the molecule is CC(=O)c1ccc(C(=O)N2CCC3(CCN(Cc4ccccc4OCC(C)C)CC3)C2)cc1.O=C(O)C(F)(F)F. The van der Waals surface area contributed by atoms with Gasteiger partial charge in [0.15, 0.2) is 5.78 Å². The first-order valence-electron chi connectivity index (χ1n) is 13.4. The Kier molecular flexibility index (Phi) is 10.4. The number of amides is 1. The van der Waals surface area contributed by atoms with Crippen molar-refractivity contribution in [1.82, 2.24) is 9.80 Å². The molecule has 40 heavy (non-hydrogen) atoms. The fourth-order valence-electron chi connectivity index (χ4n) is 5.00. The number of para-hydroxylation sites is 1. The summed E-state index contributed by atoms with van der Waals surface area (Å²) in [6.45, 7) is 11.3. The Morgan fingerprint density at radius 2 is 1.50 bits per heavy atom. The Morgan fingerprint density at radius 1 is 0.950 bits per heavy atom. The number of carboxylic acid groups (broad SMARTS) is 1. The molecule has 1 N–H and O–H groups in total. The van der Waals surface area contributed by atoms with Gasteiger partial charge in [-0.3, -0.25) is 14.5 Å². The minimum absolute atomic E-state index is 0.0231. The van der Waals surface area contributed by atoms with Gasteiger partial charge in [0, 0.05) is 36.3 Å². The summed E-state index contributed by atoms with van der Waals surface area (Å²) >= 11 is 0. The monoisotopic (exact) mass is 562 g/mol. The van der Waals surface area contributed by atoms with Crippen LogP contribution in [-0.2, 0) is 11.3 Å². The third-order valence-electron chi connectivity index (χ3n) is 7.36. The molecule has 2 fully saturated rings. The van der Waals surface area contributed by atoms with Crippen LogP contribution >= 0.6 is 0 Å². The molecule has 0 aliphatic carbocycles. The molecule has 2 aliphatic heterocycles. The van der Waals surface area contributed by atoms with E-state index in [2.05, 4.69) is 36.9 Å². The summed E-state index contributed by atoms with van der Waals surface area (Å²) in [5, 5.41) is 7.12. The minimum atomic E-state index is -5.08. The number of alkyl halides is 3. The number of ketones is 1. The molecule has 0 aromatic heterocycles. The van der Waals surface area contributed by atoms with E-state index in [4.69, 9.17) is 14.6 Å². The van der Waals surface area contributed by atoms with Gasteiger partial charge in [-0.05, 0) is 68.8 Å². The average Bonchev–Trinajstić information content (AvgIpc) is 3.32. The average molecular weight is 563 g/mol. The predicted molar refractivity (Wildman–Crippen MR) is 144 cm³/mol. The van der Waals surface area contributed by atoms with Crippen molar-refractivity contribution in [2.45, 2.75) is 52.8 Å². The fourth-order valence-corrected chi connectivity index (χ4v) is 5.00. The van der Waals surface area contributed by atoms with E-state index in [-0.39, 0.29) is 17.1 Å². The fraction of sp³-hybridized carbons (Fsp3) is 0.500. The number of nitrogens with zero attached hydrogens (tertiary/aromatic N) is 2. The van der Waals surface area contributed by atoms with E-state index in [9.17, 15) is 22.8 Å². The standard InChI is InChI=1S/C28H36N2O3.C2HF3O2/c1-21(2)19-33-26-7-5-4-6-25(26)18-29-15-12-28(13-16-29)14-17-30(20-28)27(32)24-10-8-23(9-11-24)22(3)31;3-2(4,5)1(6)7/h4-11,21H,12-20H2,1-3H3;(H,6,7). The Morgan fingerprint density at radius 3 is 2.05 bits per heavy atom. The van der Waals surface area contributed by atoms with E-state index in [1.54, 1.807) is 31.2 Å². The van der Waals surface area contributed by atoms with Crippen molar-refractivity contribution in [3.8, 4) is 5.75 Å². The Bertz CT molecular complexity index is 1170. The molecule has 2 aliphatic rings. The van der Waals surface area contributed by atoms with Gasteiger partial charge in [0.05, 0.1) is 6.61 Å². The molecule has 0 bridgehead atoms. The number of rotatable bonds is 7. The number of piperidine rings is 1. The third kappa shape index (κ3) is 8.55. The lowest BCUT2D eigenvalue weighted by Gasteiger charge is -2.39. The third-order valence-corrected chi connectivity index (χ3v) is 7.36. The maximum Gasteiger partial charge on any atom is 0.490 e. The number of ether oxygens (including phenoxy) is 1. The number of carboxylic acids is 1. The molecule has 218 valence electrons. The number of benzene rings is 2. The summed E-state index contributed by atoms with van der Waals surface area (Å²) < 4.78 is 37.8. The van der Waals surface area contributed by atoms with Crippen LogP contribution in [0.2, 0.25) is 0 Å². The molecule has 1 spiro atoms. The molecule has 0 radical (unpaired) electrons. The largest absolute Gasteiger partial charge is 0.493 e. The molecule has 0 unspecified atom stereocenters. The van der Waals surface area contributed by atoms with Crippen molar-refractivity contribution in [2.75, 3.05) is 32.8 Å². The zero-order valence-corrected chi connectivity index (χ0v) is 23.2. The van der Waals surface area contributed by atoms with Gasteiger partial charge in [0.2, 0.25) is 0 Å². The summed E-state index contributed by atoms with van der Waals surface area (Å²) in [6, 6.07) is 15.5. The van der Waals surface area contributed by atoms with E-state index in [0.29, 0.717) is 17.0 Å². The van der Waals surface area contributed by atoms with Gasteiger partial charge in [-0.25, -0.2) is 4.79 Å². The first-order valence-corrected chi connectivity index (χ1v) is 13.4. The molecule has 2 heterocycles. The van der Waals surface area contributed by atoms with Gasteiger partial charge in [-0.15, -0.1) is 0 Å². The van der Waals surface area contributed by atoms with Crippen LogP contribution in [0.25, 0.3) is 0 Å². The topological polar surface area (TPSA) is 87.2 Å². The van der Waals surface area contributed by atoms with Gasteiger partial charge in [-0.2, -0.15) is 13.2 Å². The highest BCUT2D eigenvalue weighted by molar-refractivity contribution is 5.97. The van der Waals surface area contributed by atoms with E-state index in [1.807, 2.05) is 11.0 Å². The molecule has 0 atom stereocenters. The van der Waals surface area contributed by atoms with Crippen LogP contribution in [0.1, 0.15) is 66.3 Å². The lowest BCUT2D eigenvalue weighted by Crippen LogP contribution is -2.42. The molecular formula is C30H37F3N2O5. The highest BCUT2D eigenvalue weighted by atomic mass is 19.4. The molecule has 4 rings (SSSR count). The van der Waals surface area contributed by atoms with E-state index in [1.165, 1.54) is 5.56 Å². The van der Waals surface area contributed by atoms with E-state index >= 15 is 0 Å². The van der Waals surface area contributed by atoms with Crippen LogP contribution < -0.4 is 4.74 Å². The number of hydrogen-bond donors (Lipinski definition) is 1. The first-order chi connectivity index (χ1) is 18.8. The number of halogens is 3. The van der Waals surface area contributed by atoms with Gasteiger partial charge in [-0.1, -0.05) is 44.2 Å². The highest BCUT2D eigenvalue weighted by Gasteiger charge is 2.42. The molecule has 2 saturated heterocycles. The zero-order valence-electron chi connectivity index (χ0n) is 23.2. The number of hydrogen-bond acceptors (Lipinski definition) is 5. The van der Waals surface area contributed by atoms with Crippen molar-refractivity contribution in [3.05, 3.63) is 65.2 Å². The maximum atomic E-state index is 13.0. The maximum absolute atomic E-state index is 13.0. The number of carbonyl (C=O) groups is 3. The van der Waals surface area contributed by atoms with Gasteiger partial charge < -0.3 is 14.7 Å². The second-order valence-electron chi connectivity index (χ2n) is 11.0. The zero-order chi connectivity index (χ0) is 29.5. The second-order valence-corrected chi connectivity index (χ2v) is 11.0. The van der Waals surface area contributed by atoms with Crippen molar-refractivity contribution in [1.29, 1.82) is 0 Å². The van der Waals surface area contributed by atoms with Gasteiger partial charge >= 0.3 is 12.1 Å². The van der Waals surface area contributed by atoms with Gasteiger partial charge in [0.25, 0.3) is 5.91 Å². The normalized spacial score (nSPS) is 16.9. The van der Waals surface area contributed by atoms with Crippen molar-refractivity contribution in [2.24, 2.45) is 11.3 Å². The quantitative estimate of drug-likeness (QED) is 0.437. The lowest BCUT2D eigenvalue weighted by molar-refractivity contribution is -0.192. The molecule has 2 aromatic carbocycles. The summed E-state index contributed by atoms with van der Waals surface area (Å²) in [4.78, 5) is 37.9. The second kappa shape index (κ2) is 13.3. The minimum Gasteiger partial charge on any atom is -0.493 e. The number of Topliss-reactive ketones (excluding diaryl/α,β-unsaturated/α-hetero) is 1. The van der Waals surface area contributed by atoms with Crippen molar-refractivity contribution < 1.29 is 37.4 Å². The Labute approximate surface area is 232 Å². The smallest absolute Gasteiger partial charge is 0.490 e. The summed E-state index contributed by atoms with van der Waals surface area (Å²) in [7, 11) is 0. The first kappa shape index (κ1) is 31.1.